The smallest absolute Gasteiger partial charge is 0.0711 e. The van der Waals surface area contributed by atoms with Gasteiger partial charge in [0.05, 0.1) is 5.70 Å². The van der Waals surface area contributed by atoms with E-state index in [0.29, 0.717) is 0 Å². The van der Waals surface area contributed by atoms with Gasteiger partial charge in [0.2, 0.25) is 0 Å². The van der Waals surface area contributed by atoms with Crippen LogP contribution in [0.2, 0.25) is 0 Å². The van der Waals surface area contributed by atoms with Gasteiger partial charge in [0, 0.05) is 17.0 Å². The number of hydrogen-bond acceptors (Lipinski definition) is 2. The zero-order valence-corrected chi connectivity index (χ0v) is 22.5. The summed E-state index contributed by atoms with van der Waals surface area (Å²) < 4.78 is 0. The van der Waals surface area contributed by atoms with Gasteiger partial charge in [0.25, 0.3) is 0 Å². The van der Waals surface area contributed by atoms with E-state index in [4.69, 9.17) is 10.7 Å². The number of hydrogen-bond donors (Lipinski definition) is 1. The lowest BCUT2D eigenvalue weighted by molar-refractivity contribution is 1.47. The Bertz CT molecular complexity index is 1910. The second-order valence-electron chi connectivity index (χ2n) is 10.1. The van der Waals surface area contributed by atoms with Crippen molar-refractivity contribution >= 4 is 44.2 Å². The summed E-state index contributed by atoms with van der Waals surface area (Å²) in [6.07, 6.45) is 2.10. The highest BCUT2D eigenvalue weighted by Crippen LogP contribution is 2.28. The molecule has 0 aromatic heterocycles. The molecule has 0 aliphatic rings. The van der Waals surface area contributed by atoms with Gasteiger partial charge in [0.15, 0.2) is 0 Å². The number of aliphatic imine (C=N–C) groups is 1. The van der Waals surface area contributed by atoms with Crippen LogP contribution in [0.1, 0.15) is 23.6 Å². The van der Waals surface area contributed by atoms with Crippen LogP contribution in [-0.2, 0) is 0 Å². The Kier molecular flexibility index (Phi) is 6.82. The molecule has 6 aromatic carbocycles. The molecule has 0 fully saturated rings. The van der Waals surface area contributed by atoms with Crippen molar-refractivity contribution in [3.8, 4) is 11.1 Å². The Balaban J connectivity index is 1.39. The maximum atomic E-state index is 5.86. The topological polar surface area (TPSA) is 38.4 Å². The van der Waals surface area contributed by atoms with Crippen LogP contribution in [0.3, 0.4) is 0 Å². The van der Waals surface area contributed by atoms with Crippen LogP contribution in [0, 0.1) is 0 Å². The first-order valence-corrected chi connectivity index (χ1v) is 13.4. The Morgan fingerprint density at radius 3 is 1.65 bits per heavy atom. The minimum Gasteiger partial charge on any atom is -0.399 e. The van der Waals surface area contributed by atoms with Crippen LogP contribution in [0.15, 0.2) is 151 Å². The molecule has 0 aliphatic carbocycles. The molecule has 0 radical (unpaired) electrons. The van der Waals surface area contributed by atoms with Gasteiger partial charge in [-0.2, -0.15) is 0 Å². The number of nitrogen functional groups attached to an aromatic ring is 1. The number of nitrogens with zero attached hydrogens (tertiary/aromatic N) is 1. The van der Waals surface area contributed by atoms with Crippen molar-refractivity contribution in [2.75, 3.05) is 5.73 Å². The molecule has 0 saturated carbocycles. The van der Waals surface area contributed by atoms with Crippen LogP contribution in [0.4, 0.5) is 5.69 Å². The first kappa shape index (κ1) is 25.1. The van der Waals surface area contributed by atoms with Gasteiger partial charge in [-0.05, 0) is 86.6 Å². The van der Waals surface area contributed by atoms with Crippen molar-refractivity contribution in [2.24, 2.45) is 4.99 Å². The molecule has 2 N–H and O–H groups in total. The normalized spacial score (nSPS) is 12.1. The Morgan fingerprint density at radius 2 is 1.05 bits per heavy atom. The van der Waals surface area contributed by atoms with Crippen molar-refractivity contribution in [3.63, 3.8) is 0 Å². The van der Waals surface area contributed by atoms with Gasteiger partial charge in [0.1, 0.15) is 0 Å². The van der Waals surface area contributed by atoms with Gasteiger partial charge in [-0.1, -0.05) is 116 Å². The molecule has 0 amide bonds. The average molecular weight is 515 g/mol. The van der Waals surface area contributed by atoms with Crippen molar-refractivity contribution < 1.29 is 0 Å². The molecule has 6 aromatic rings. The summed E-state index contributed by atoms with van der Waals surface area (Å²) in [5.74, 6) is 0. The second kappa shape index (κ2) is 10.9. The van der Waals surface area contributed by atoms with Crippen LogP contribution < -0.4 is 5.73 Å². The average Bonchev–Trinajstić information content (AvgIpc) is 3.00. The predicted octanol–water partition coefficient (Wildman–Crippen LogP) is 9.81. The molecule has 0 unspecified atom stereocenters. The van der Waals surface area contributed by atoms with E-state index in [-0.39, 0.29) is 0 Å². The maximum absolute atomic E-state index is 5.86. The van der Waals surface area contributed by atoms with Crippen LogP contribution in [-0.4, -0.2) is 5.71 Å². The van der Waals surface area contributed by atoms with E-state index in [2.05, 4.69) is 129 Å². The fourth-order valence-electron chi connectivity index (χ4n) is 4.99. The molecule has 0 atom stereocenters. The van der Waals surface area contributed by atoms with Gasteiger partial charge in [-0.25, -0.2) is 0 Å². The molecule has 192 valence electrons. The fraction of sp³-hybridized carbons (Fsp3) is 0.0263. The third kappa shape index (κ3) is 5.34. The lowest BCUT2D eigenvalue weighted by atomic mass is 9.99. The lowest BCUT2D eigenvalue weighted by Gasteiger charge is -2.10. The summed E-state index contributed by atoms with van der Waals surface area (Å²) in [4.78, 5) is 5.17. The third-order valence-electron chi connectivity index (χ3n) is 7.31. The minimum atomic E-state index is 0.765. The van der Waals surface area contributed by atoms with Gasteiger partial charge in [-0.15, -0.1) is 0 Å². The first-order valence-electron chi connectivity index (χ1n) is 13.4. The highest BCUT2D eigenvalue weighted by molar-refractivity contribution is 6.03. The molecule has 0 bridgehead atoms. The van der Waals surface area contributed by atoms with Gasteiger partial charge < -0.3 is 5.73 Å². The van der Waals surface area contributed by atoms with Gasteiger partial charge >= 0.3 is 0 Å². The number of allylic oxidation sites excluding steroid dienone is 2. The van der Waals surface area contributed by atoms with E-state index < -0.39 is 0 Å². The van der Waals surface area contributed by atoms with Crippen LogP contribution in [0.5, 0.6) is 0 Å². The van der Waals surface area contributed by atoms with Crippen LogP contribution in [0.25, 0.3) is 43.9 Å². The third-order valence-corrected chi connectivity index (χ3v) is 7.31. The van der Waals surface area contributed by atoms with Crippen LogP contribution >= 0.6 is 0 Å². The van der Waals surface area contributed by atoms with Crippen molar-refractivity contribution in [1.82, 2.24) is 0 Å². The Morgan fingerprint density at radius 1 is 0.575 bits per heavy atom. The zero-order chi connectivity index (χ0) is 27.5. The number of nitrogens with two attached hydrogens (primary N) is 1. The Labute approximate surface area is 235 Å². The second-order valence-corrected chi connectivity index (χ2v) is 10.1. The zero-order valence-electron chi connectivity index (χ0n) is 22.5. The highest BCUT2D eigenvalue weighted by atomic mass is 14.8. The van der Waals surface area contributed by atoms with Crippen molar-refractivity contribution in [1.29, 1.82) is 0 Å². The molecule has 0 aliphatic heterocycles. The molecule has 0 saturated heterocycles. The predicted molar refractivity (Wildman–Crippen MR) is 173 cm³/mol. The summed E-state index contributed by atoms with van der Waals surface area (Å²) in [5, 5.41) is 4.80. The van der Waals surface area contributed by atoms with Crippen molar-refractivity contribution in [3.05, 3.63) is 163 Å². The van der Waals surface area contributed by atoms with E-state index in [9.17, 15) is 0 Å². The molecule has 2 heteroatoms. The summed E-state index contributed by atoms with van der Waals surface area (Å²) >= 11 is 0. The standard InChI is InChI=1S/C38H30N2/c1-26(33-17-15-29-7-3-5-9-34(29)24-33)23-38(36-18-16-30-8-4-6-10-35(30)25-36)40-27(2)28-11-13-31(14-12-28)32-19-21-37(39)22-20-32/h3-25H,1,39H2,2H3/b38-23-,40-27+. The maximum Gasteiger partial charge on any atom is 0.0711 e. The first-order chi connectivity index (χ1) is 19.5. The lowest BCUT2D eigenvalue weighted by Crippen LogP contribution is -1.96. The molecule has 0 heterocycles. The van der Waals surface area contributed by atoms with E-state index in [0.717, 1.165) is 50.5 Å². The molecular weight excluding hydrogens is 484 g/mol. The summed E-state index contributed by atoms with van der Waals surface area (Å²) in [6.45, 7) is 6.50. The number of benzene rings is 6. The largest absolute Gasteiger partial charge is 0.399 e. The molecular formula is C38H30N2. The SMILES string of the molecule is C=C(/C=C(\N=C(/C)c1ccc(-c2ccc(N)cc2)cc1)c1ccc2ccccc2c1)c1ccc2ccccc2c1. The van der Waals surface area contributed by atoms with E-state index in [1.807, 2.05) is 24.3 Å². The van der Waals surface area contributed by atoms with E-state index >= 15 is 0 Å². The number of fused-ring (bicyclic) bond motifs is 2. The van der Waals surface area contributed by atoms with E-state index in [1.54, 1.807) is 0 Å². The summed E-state index contributed by atoms with van der Waals surface area (Å²) in [7, 11) is 0. The summed E-state index contributed by atoms with van der Waals surface area (Å²) in [5.41, 5.74) is 14.9. The molecule has 2 nitrogen and oxygen atoms in total. The molecule has 6 rings (SSSR count). The molecule has 40 heavy (non-hydrogen) atoms. The number of rotatable bonds is 6. The monoisotopic (exact) mass is 514 g/mol. The minimum absolute atomic E-state index is 0.765. The summed E-state index contributed by atoms with van der Waals surface area (Å²) in [6, 6.07) is 46.2. The van der Waals surface area contributed by atoms with Crippen molar-refractivity contribution in [2.45, 2.75) is 6.92 Å². The quantitative estimate of drug-likeness (QED) is 0.134. The van der Waals surface area contributed by atoms with E-state index in [1.165, 1.54) is 21.5 Å². The highest BCUT2D eigenvalue weighted by Gasteiger charge is 2.08. The van der Waals surface area contributed by atoms with Gasteiger partial charge in [-0.3, -0.25) is 4.99 Å². The molecule has 0 spiro atoms. The fourth-order valence-corrected chi connectivity index (χ4v) is 4.99. The Hall–Kier alpha value is -5.21. The number of anilines is 1.